The molecule has 0 bridgehead atoms. The minimum absolute atomic E-state index is 0.0220. The van der Waals surface area contributed by atoms with Crippen molar-refractivity contribution in [1.82, 2.24) is 0 Å². The molecule has 1 aromatic carbocycles. The van der Waals surface area contributed by atoms with E-state index in [-0.39, 0.29) is 5.91 Å². The topological polar surface area (TPSA) is 67.2 Å². The number of aryl methyl sites for hydroxylation is 1. The average Bonchev–Trinajstić information content (AvgIpc) is 2.29. The predicted octanol–water partition coefficient (Wildman–Crippen LogP) is 1.33. The zero-order valence-electron chi connectivity index (χ0n) is 9.25. The van der Waals surface area contributed by atoms with Crippen LogP contribution >= 0.6 is 0 Å². The van der Waals surface area contributed by atoms with Crippen LogP contribution in [0.5, 0.6) is 0 Å². The first-order valence-corrected chi connectivity index (χ1v) is 5.66. The molecule has 0 saturated carbocycles. The molecule has 86 valence electrons. The lowest BCUT2D eigenvalue weighted by Gasteiger charge is -2.18. The van der Waals surface area contributed by atoms with Crippen molar-refractivity contribution in [2.45, 2.75) is 19.3 Å². The van der Waals surface area contributed by atoms with Gasteiger partial charge in [-0.05, 0) is 36.6 Å². The van der Waals surface area contributed by atoms with Gasteiger partial charge in [-0.3, -0.25) is 4.79 Å². The maximum atomic E-state index is 11.4. The van der Waals surface area contributed by atoms with Gasteiger partial charge in [-0.1, -0.05) is 0 Å². The highest BCUT2D eigenvalue weighted by atomic mass is 16.1. The number of benzene rings is 1. The van der Waals surface area contributed by atoms with Crippen LogP contribution < -0.4 is 16.4 Å². The first kappa shape index (κ1) is 11.0. The number of hydrogen-bond acceptors (Lipinski definition) is 3. The Labute approximate surface area is 95.2 Å². The van der Waals surface area contributed by atoms with E-state index >= 15 is 0 Å². The SMILES string of the molecule is NCCC(=O)Nc1ccc2c(c1)CCCN2. The van der Waals surface area contributed by atoms with Gasteiger partial charge >= 0.3 is 0 Å². The van der Waals surface area contributed by atoms with Crippen LogP contribution in [0, 0.1) is 0 Å². The lowest BCUT2D eigenvalue weighted by Crippen LogP contribution is -2.17. The second-order valence-corrected chi connectivity index (χ2v) is 3.99. The molecule has 0 radical (unpaired) electrons. The van der Waals surface area contributed by atoms with Gasteiger partial charge in [0, 0.05) is 30.9 Å². The summed E-state index contributed by atoms with van der Waals surface area (Å²) in [6, 6.07) is 5.98. The van der Waals surface area contributed by atoms with Crippen LogP contribution in [0.2, 0.25) is 0 Å². The van der Waals surface area contributed by atoms with Crippen molar-refractivity contribution in [3.05, 3.63) is 23.8 Å². The normalized spacial score (nSPS) is 13.8. The number of rotatable bonds is 3. The van der Waals surface area contributed by atoms with Gasteiger partial charge < -0.3 is 16.4 Å². The Bertz CT molecular complexity index is 390. The molecular formula is C12H17N3O. The number of carbonyl (C=O) groups excluding carboxylic acids is 1. The van der Waals surface area contributed by atoms with Gasteiger partial charge in [0.2, 0.25) is 5.91 Å². The molecule has 1 heterocycles. The predicted molar refractivity (Wildman–Crippen MR) is 65.6 cm³/mol. The lowest BCUT2D eigenvalue weighted by molar-refractivity contribution is -0.116. The molecule has 0 saturated heterocycles. The molecule has 0 spiro atoms. The third-order valence-corrected chi connectivity index (χ3v) is 2.70. The summed E-state index contributed by atoms with van der Waals surface area (Å²) in [5.74, 6) is -0.0220. The summed E-state index contributed by atoms with van der Waals surface area (Å²) in [6.07, 6.45) is 2.59. The van der Waals surface area contributed by atoms with Crippen LogP contribution in [0.3, 0.4) is 0 Å². The van der Waals surface area contributed by atoms with Crippen LogP contribution in [0.25, 0.3) is 0 Å². The quantitative estimate of drug-likeness (QED) is 0.718. The molecule has 0 aromatic heterocycles. The Morgan fingerprint density at radius 3 is 3.19 bits per heavy atom. The zero-order valence-corrected chi connectivity index (χ0v) is 9.25. The third-order valence-electron chi connectivity index (χ3n) is 2.70. The Hall–Kier alpha value is -1.55. The second kappa shape index (κ2) is 4.99. The van der Waals surface area contributed by atoms with E-state index in [0.29, 0.717) is 13.0 Å². The van der Waals surface area contributed by atoms with Gasteiger partial charge in [0.15, 0.2) is 0 Å². The second-order valence-electron chi connectivity index (χ2n) is 3.99. The summed E-state index contributed by atoms with van der Waals surface area (Å²) in [6.45, 7) is 1.42. The highest BCUT2D eigenvalue weighted by Gasteiger charge is 2.09. The van der Waals surface area contributed by atoms with Crippen molar-refractivity contribution in [2.24, 2.45) is 5.73 Å². The molecule has 0 unspecified atom stereocenters. The maximum Gasteiger partial charge on any atom is 0.225 e. The number of amides is 1. The number of fused-ring (bicyclic) bond motifs is 1. The molecule has 4 nitrogen and oxygen atoms in total. The first-order valence-electron chi connectivity index (χ1n) is 5.66. The summed E-state index contributed by atoms with van der Waals surface area (Å²) in [7, 11) is 0. The maximum absolute atomic E-state index is 11.4. The van der Waals surface area contributed by atoms with Gasteiger partial charge in [0.1, 0.15) is 0 Å². The summed E-state index contributed by atoms with van der Waals surface area (Å²) in [4.78, 5) is 11.4. The summed E-state index contributed by atoms with van der Waals surface area (Å²) < 4.78 is 0. The van der Waals surface area contributed by atoms with Crippen LogP contribution in [-0.2, 0) is 11.2 Å². The number of carbonyl (C=O) groups is 1. The highest BCUT2D eigenvalue weighted by molar-refractivity contribution is 5.91. The largest absolute Gasteiger partial charge is 0.385 e. The average molecular weight is 219 g/mol. The van der Waals surface area contributed by atoms with E-state index in [1.807, 2.05) is 18.2 Å². The van der Waals surface area contributed by atoms with Gasteiger partial charge in [0.25, 0.3) is 0 Å². The molecule has 1 aliphatic rings. The van der Waals surface area contributed by atoms with Gasteiger partial charge in [-0.15, -0.1) is 0 Å². The molecule has 4 N–H and O–H groups in total. The van der Waals surface area contributed by atoms with Crippen LogP contribution in [0.4, 0.5) is 11.4 Å². The molecule has 0 fully saturated rings. The fourth-order valence-electron chi connectivity index (χ4n) is 1.91. The van der Waals surface area contributed by atoms with E-state index in [0.717, 1.165) is 25.1 Å². The molecular weight excluding hydrogens is 202 g/mol. The van der Waals surface area contributed by atoms with E-state index in [1.165, 1.54) is 11.3 Å². The Balaban J connectivity index is 2.08. The van der Waals surface area contributed by atoms with E-state index < -0.39 is 0 Å². The van der Waals surface area contributed by atoms with E-state index in [1.54, 1.807) is 0 Å². The monoisotopic (exact) mass is 219 g/mol. The minimum atomic E-state index is -0.0220. The van der Waals surface area contributed by atoms with Gasteiger partial charge in [0.05, 0.1) is 0 Å². The number of anilines is 2. The number of hydrogen-bond donors (Lipinski definition) is 3. The van der Waals surface area contributed by atoms with Crippen molar-refractivity contribution in [3.63, 3.8) is 0 Å². The van der Waals surface area contributed by atoms with Crippen LogP contribution in [0.1, 0.15) is 18.4 Å². The van der Waals surface area contributed by atoms with Gasteiger partial charge in [-0.2, -0.15) is 0 Å². The zero-order chi connectivity index (χ0) is 11.4. The summed E-state index contributed by atoms with van der Waals surface area (Å²) >= 11 is 0. The Morgan fingerprint density at radius 2 is 2.38 bits per heavy atom. The molecule has 0 aliphatic carbocycles. The standard InChI is InChI=1S/C12H17N3O/c13-6-5-12(16)15-10-3-4-11-9(8-10)2-1-7-14-11/h3-4,8,14H,1-2,5-7,13H2,(H,15,16). The van der Waals surface area contributed by atoms with Crippen LogP contribution in [0.15, 0.2) is 18.2 Å². The van der Waals surface area contributed by atoms with Crippen molar-refractivity contribution in [3.8, 4) is 0 Å². The molecule has 16 heavy (non-hydrogen) atoms. The number of nitrogens with two attached hydrogens (primary N) is 1. The van der Waals surface area contributed by atoms with E-state index in [2.05, 4.69) is 10.6 Å². The van der Waals surface area contributed by atoms with Crippen LogP contribution in [-0.4, -0.2) is 19.0 Å². The molecule has 1 amide bonds. The Kier molecular flexibility index (Phi) is 3.41. The van der Waals surface area contributed by atoms with Crippen molar-refractivity contribution in [1.29, 1.82) is 0 Å². The van der Waals surface area contributed by atoms with E-state index in [4.69, 9.17) is 5.73 Å². The van der Waals surface area contributed by atoms with Crippen molar-refractivity contribution < 1.29 is 4.79 Å². The fraction of sp³-hybridized carbons (Fsp3) is 0.417. The van der Waals surface area contributed by atoms with Crippen molar-refractivity contribution in [2.75, 3.05) is 23.7 Å². The molecule has 1 aromatic rings. The molecule has 2 rings (SSSR count). The Morgan fingerprint density at radius 1 is 1.50 bits per heavy atom. The third kappa shape index (κ3) is 2.52. The molecule has 4 heteroatoms. The first-order chi connectivity index (χ1) is 7.79. The highest BCUT2D eigenvalue weighted by Crippen LogP contribution is 2.25. The van der Waals surface area contributed by atoms with Gasteiger partial charge in [-0.25, -0.2) is 0 Å². The lowest BCUT2D eigenvalue weighted by atomic mass is 10.0. The number of nitrogens with one attached hydrogen (secondary N) is 2. The summed E-state index contributed by atoms with van der Waals surface area (Å²) in [5, 5.41) is 6.18. The van der Waals surface area contributed by atoms with E-state index in [9.17, 15) is 4.79 Å². The minimum Gasteiger partial charge on any atom is -0.385 e. The van der Waals surface area contributed by atoms with Crippen molar-refractivity contribution >= 4 is 17.3 Å². The molecule has 0 atom stereocenters. The molecule has 1 aliphatic heterocycles. The fourth-order valence-corrected chi connectivity index (χ4v) is 1.91. The smallest absolute Gasteiger partial charge is 0.225 e. The summed E-state index contributed by atoms with van der Waals surface area (Å²) in [5.41, 5.74) is 8.64.